The highest BCUT2D eigenvalue weighted by Crippen LogP contribution is 2.14. The van der Waals surface area contributed by atoms with Crippen LogP contribution in [0.3, 0.4) is 0 Å². The molecule has 0 radical (unpaired) electrons. The molecule has 1 aromatic rings. The maximum absolute atomic E-state index is 11.7. The van der Waals surface area contributed by atoms with Gasteiger partial charge in [-0.3, -0.25) is 4.79 Å². The number of hydrogen-bond donors (Lipinski definition) is 2. The van der Waals surface area contributed by atoms with E-state index in [4.69, 9.17) is 5.73 Å². The minimum Gasteiger partial charge on any atom is -0.352 e. The van der Waals surface area contributed by atoms with Crippen LogP contribution in [0.4, 0.5) is 0 Å². The number of rotatable bonds is 6. The molecule has 0 bridgehead atoms. The molecule has 0 saturated heterocycles. The molecule has 3 heteroatoms. The Morgan fingerprint density at radius 1 is 1.24 bits per heavy atom. The van der Waals surface area contributed by atoms with E-state index in [0.29, 0.717) is 19.0 Å². The molecule has 0 atom stereocenters. The van der Waals surface area contributed by atoms with Gasteiger partial charge in [0.2, 0.25) is 0 Å². The molecule has 0 aliphatic carbocycles. The summed E-state index contributed by atoms with van der Waals surface area (Å²) >= 11 is 0. The zero-order chi connectivity index (χ0) is 12.7. The molecule has 1 aromatic carbocycles. The van der Waals surface area contributed by atoms with Gasteiger partial charge in [-0.2, -0.15) is 0 Å². The second-order valence-corrected chi connectivity index (χ2v) is 4.53. The average molecular weight is 234 g/mol. The van der Waals surface area contributed by atoms with Gasteiger partial charge in [0.05, 0.1) is 0 Å². The summed E-state index contributed by atoms with van der Waals surface area (Å²) < 4.78 is 0. The van der Waals surface area contributed by atoms with Crippen LogP contribution in [0.25, 0.3) is 0 Å². The lowest BCUT2D eigenvalue weighted by Crippen LogP contribution is -2.24. The molecule has 0 unspecified atom stereocenters. The normalized spacial score (nSPS) is 10.6. The number of carbonyl (C=O) groups is 1. The maximum atomic E-state index is 11.7. The van der Waals surface area contributed by atoms with Crippen LogP contribution in [0, 0.1) is 0 Å². The van der Waals surface area contributed by atoms with Crippen LogP contribution in [0.2, 0.25) is 0 Å². The Morgan fingerprint density at radius 3 is 2.41 bits per heavy atom. The monoisotopic (exact) mass is 234 g/mol. The van der Waals surface area contributed by atoms with E-state index in [0.717, 1.165) is 18.4 Å². The third-order valence-corrected chi connectivity index (χ3v) is 2.76. The molecule has 0 aliphatic rings. The van der Waals surface area contributed by atoms with Gasteiger partial charge in [-0.15, -0.1) is 0 Å². The Hall–Kier alpha value is -1.35. The predicted octanol–water partition coefficient (Wildman–Crippen LogP) is 2.28. The largest absolute Gasteiger partial charge is 0.352 e. The third kappa shape index (κ3) is 4.57. The maximum Gasteiger partial charge on any atom is 0.251 e. The number of amides is 1. The van der Waals surface area contributed by atoms with Gasteiger partial charge in [-0.05, 0) is 43.0 Å². The lowest BCUT2D eigenvalue weighted by molar-refractivity contribution is 0.0953. The van der Waals surface area contributed by atoms with Gasteiger partial charge in [0.25, 0.3) is 5.91 Å². The minimum atomic E-state index is -0.00247. The first-order valence-electron chi connectivity index (χ1n) is 6.23. The lowest BCUT2D eigenvalue weighted by Gasteiger charge is -2.07. The molecule has 1 rings (SSSR count). The summed E-state index contributed by atoms with van der Waals surface area (Å²) in [5.41, 5.74) is 7.37. The molecular formula is C14H22N2O. The van der Waals surface area contributed by atoms with Crippen molar-refractivity contribution >= 4 is 5.91 Å². The number of unbranched alkanes of at least 4 members (excludes halogenated alkanes) is 1. The van der Waals surface area contributed by atoms with Crippen molar-refractivity contribution in [1.82, 2.24) is 5.32 Å². The van der Waals surface area contributed by atoms with E-state index in [-0.39, 0.29) is 5.91 Å². The van der Waals surface area contributed by atoms with Crippen molar-refractivity contribution < 1.29 is 4.79 Å². The standard InChI is InChI=1S/C14H22N2O/c1-11(2)12-5-7-13(8-6-12)14(17)16-10-4-3-9-15/h5-8,11H,3-4,9-10,15H2,1-2H3,(H,16,17). The second-order valence-electron chi connectivity index (χ2n) is 4.53. The van der Waals surface area contributed by atoms with Crippen molar-refractivity contribution in [1.29, 1.82) is 0 Å². The van der Waals surface area contributed by atoms with E-state index in [1.165, 1.54) is 5.56 Å². The smallest absolute Gasteiger partial charge is 0.251 e. The second kappa shape index (κ2) is 7.07. The first kappa shape index (κ1) is 13.7. The molecule has 3 nitrogen and oxygen atoms in total. The fourth-order valence-electron chi connectivity index (χ4n) is 1.59. The molecular weight excluding hydrogens is 212 g/mol. The van der Waals surface area contributed by atoms with Crippen molar-refractivity contribution in [2.75, 3.05) is 13.1 Å². The number of nitrogens with one attached hydrogen (secondary N) is 1. The number of benzene rings is 1. The predicted molar refractivity (Wildman–Crippen MR) is 71.2 cm³/mol. The summed E-state index contributed by atoms with van der Waals surface area (Å²) in [5.74, 6) is 0.494. The van der Waals surface area contributed by atoms with Crippen LogP contribution in [0.15, 0.2) is 24.3 Å². The van der Waals surface area contributed by atoms with Crippen LogP contribution < -0.4 is 11.1 Å². The van der Waals surface area contributed by atoms with Crippen molar-refractivity contribution in [2.24, 2.45) is 5.73 Å². The zero-order valence-electron chi connectivity index (χ0n) is 10.7. The Kier molecular flexibility index (Phi) is 5.70. The highest BCUT2D eigenvalue weighted by molar-refractivity contribution is 5.94. The Labute approximate surface area is 103 Å². The Bertz CT molecular complexity index is 344. The van der Waals surface area contributed by atoms with Crippen LogP contribution in [0.5, 0.6) is 0 Å². The summed E-state index contributed by atoms with van der Waals surface area (Å²) in [5, 5.41) is 2.89. The third-order valence-electron chi connectivity index (χ3n) is 2.76. The van der Waals surface area contributed by atoms with E-state index < -0.39 is 0 Å². The molecule has 0 spiro atoms. The zero-order valence-corrected chi connectivity index (χ0v) is 10.7. The van der Waals surface area contributed by atoms with E-state index in [1.54, 1.807) is 0 Å². The van der Waals surface area contributed by atoms with Crippen LogP contribution in [-0.2, 0) is 0 Å². The van der Waals surface area contributed by atoms with E-state index in [2.05, 4.69) is 19.2 Å². The summed E-state index contributed by atoms with van der Waals surface area (Å²) in [7, 11) is 0. The van der Waals surface area contributed by atoms with Crippen molar-refractivity contribution in [3.05, 3.63) is 35.4 Å². The van der Waals surface area contributed by atoms with Gasteiger partial charge in [-0.25, -0.2) is 0 Å². The molecule has 0 aromatic heterocycles. The Balaban J connectivity index is 2.46. The Morgan fingerprint density at radius 2 is 1.88 bits per heavy atom. The van der Waals surface area contributed by atoms with Gasteiger partial charge in [-0.1, -0.05) is 26.0 Å². The fourth-order valence-corrected chi connectivity index (χ4v) is 1.59. The number of hydrogen-bond acceptors (Lipinski definition) is 2. The minimum absolute atomic E-state index is 0.00247. The summed E-state index contributed by atoms with van der Waals surface area (Å²) in [6, 6.07) is 7.79. The summed E-state index contributed by atoms with van der Waals surface area (Å²) in [4.78, 5) is 11.7. The molecule has 0 heterocycles. The van der Waals surface area contributed by atoms with E-state index in [1.807, 2.05) is 24.3 Å². The van der Waals surface area contributed by atoms with E-state index in [9.17, 15) is 4.79 Å². The van der Waals surface area contributed by atoms with Crippen molar-refractivity contribution in [2.45, 2.75) is 32.6 Å². The van der Waals surface area contributed by atoms with E-state index >= 15 is 0 Å². The number of carbonyl (C=O) groups excluding carboxylic acids is 1. The fraction of sp³-hybridized carbons (Fsp3) is 0.500. The van der Waals surface area contributed by atoms with Crippen molar-refractivity contribution in [3.63, 3.8) is 0 Å². The summed E-state index contributed by atoms with van der Waals surface area (Å²) in [6.45, 7) is 5.66. The van der Waals surface area contributed by atoms with Gasteiger partial charge >= 0.3 is 0 Å². The average Bonchev–Trinajstić information content (AvgIpc) is 2.34. The molecule has 0 saturated carbocycles. The first-order valence-corrected chi connectivity index (χ1v) is 6.23. The molecule has 94 valence electrons. The summed E-state index contributed by atoms with van der Waals surface area (Å²) in [6.07, 6.45) is 1.89. The van der Waals surface area contributed by atoms with Gasteiger partial charge < -0.3 is 11.1 Å². The number of nitrogens with two attached hydrogens (primary N) is 1. The quantitative estimate of drug-likeness (QED) is 0.742. The highest BCUT2D eigenvalue weighted by atomic mass is 16.1. The lowest BCUT2D eigenvalue weighted by atomic mass is 10.0. The van der Waals surface area contributed by atoms with Crippen LogP contribution in [0.1, 0.15) is 48.5 Å². The van der Waals surface area contributed by atoms with Gasteiger partial charge in [0, 0.05) is 12.1 Å². The molecule has 0 fully saturated rings. The molecule has 3 N–H and O–H groups in total. The highest BCUT2D eigenvalue weighted by Gasteiger charge is 2.05. The van der Waals surface area contributed by atoms with Gasteiger partial charge in [0.15, 0.2) is 0 Å². The van der Waals surface area contributed by atoms with Crippen molar-refractivity contribution in [3.8, 4) is 0 Å². The van der Waals surface area contributed by atoms with Gasteiger partial charge in [0.1, 0.15) is 0 Å². The molecule has 0 aliphatic heterocycles. The topological polar surface area (TPSA) is 55.1 Å². The SMILES string of the molecule is CC(C)c1ccc(C(=O)NCCCCN)cc1. The van der Waals surface area contributed by atoms with Crippen LogP contribution in [-0.4, -0.2) is 19.0 Å². The molecule has 1 amide bonds. The van der Waals surface area contributed by atoms with Crippen LogP contribution >= 0.6 is 0 Å². The molecule has 17 heavy (non-hydrogen) atoms. The first-order chi connectivity index (χ1) is 8.15.